The second-order valence-corrected chi connectivity index (χ2v) is 6.66. The zero-order chi connectivity index (χ0) is 17.8. The molecular weight excluding hydrogens is 325 g/mol. The number of nitrogens with zero attached hydrogens (tertiary/aromatic N) is 1. The maximum atomic E-state index is 13.0. The summed E-state index contributed by atoms with van der Waals surface area (Å²) in [4.78, 5) is 38.0. The molecule has 3 rings (SSSR count). The third kappa shape index (κ3) is 4.78. The van der Waals surface area contributed by atoms with E-state index >= 15 is 0 Å². The Balaban J connectivity index is 1.51. The Labute approximate surface area is 145 Å². The van der Waals surface area contributed by atoms with Gasteiger partial charge in [-0.1, -0.05) is 0 Å². The topological polar surface area (TPSA) is 78.5 Å². The van der Waals surface area contributed by atoms with Crippen molar-refractivity contribution in [3.05, 3.63) is 35.6 Å². The van der Waals surface area contributed by atoms with Gasteiger partial charge in [0.05, 0.1) is 12.5 Å². The van der Waals surface area contributed by atoms with Crippen LogP contribution in [0.2, 0.25) is 0 Å². The van der Waals surface area contributed by atoms with Gasteiger partial charge in [-0.3, -0.25) is 14.4 Å². The lowest BCUT2D eigenvalue weighted by atomic mass is 9.96. The van der Waals surface area contributed by atoms with Gasteiger partial charge < -0.3 is 15.5 Å². The number of rotatable bonds is 5. The van der Waals surface area contributed by atoms with Crippen molar-refractivity contribution in [1.29, 1.82) is 0 Å². The highest BCUT2D eigenvalue weighted by Gasteiger charge is 2.29. The Morgan fingerprint density at radius 2 is 1.84 bits per heavy atom. The summed E-state index contributed by atoms with van der Waals surface area (Å²) in [6.07, 6.45) is 3.41. The number of amides is 3. The average Bonchev–Trinajstić information content (AvgIpc) is 3.44. The molecule has 1 saturated heterocycles. The van der Waals surface area contributed by atoms with Gasteiger partial charge in [0.25, 0.3) is 5.91 Å². The van der Waals surface area contributed by atoms with Gasteiger partial charge in [0.2, 0.25) is 11.8 Å². The number of nitrogens with one attached hydrogen (secondary N) is 2. The lowest BCUT2D eigenvalue weighted by Gasteiger charge is -2.32. The summed E-state index contributed by atoms with van der Waals surface area (Å²) >= 11 is 0. The van der Waals surface area contributed by atoms with Crippen molar-refractivity contribution in [2.24, 2.45) is 5.92 Å². The van der Waals surface area contributed by atoms with Gasteiger partial charge in [0.1, 0.15) is 5.82 Å². The molecule has 25 heavy (non-hydrogen) atoms. The molecule has 134 valence electrons. The van der Waals surface area contributed by atoms with Gasteiger partial charge >= 0.3 is 0 Å². The van der Waals surface area contributed by atoms with Crippen LogP contribution < -0.4 is 10.6 Å². The fraction of sp³-hybridized carbons (Fsp3) is 0.500. The van der Waals surface area contributed by atoms with Crippen LogP contribution in [-0.2, 0) is 9.59 Å². The van der Waals surface area contributed by atoms with Gasteiger partial charge in [-0.15, -0.1) is 0 Å². The SMILES string of the molecule is O=C(CNC(=O)C1CCCN(C(=O)c2ccc(F)cc2)C1)NC1CC1. The summed E-state index contributed by atoms with van der Waals surface area (Å²) < 4.78 is 13.0. The van der Waals surface area contributed by atoms with Crippen molar-refractivity contribution in [3.63, 3.8) is 0 Å². The van der Waals surface area contributed by atoms with Crippen LogP contribution in [-0.4, -0.2) is 48.3 Å². The minimum atomic E-state index is -0.392. The Bertz CT molecular complexity index is 658. The summed E-state index contributed by atoms with van der Waals surface area (Å²) in [5.74, 6) is -1.30. The largest absolute Gasteiger partial charge is 0.352 e. The maximum absolute atomic E-state index is 13.0. The third-order valence-electron chi connectivity index (χ3n) is 4.54. The molecule has 1 aromatic rings. The number of halogens is 1. The summed E-state index contributed by atoms with van der Waals surface area (Å²) in [5, 5.41) is 5.47. The summed E-state index contributed by atoms with van der Waals surface area (Å²) in [5.41, 5.74) is 0.409. The van der Waals surface area contributed by atoms with E-state index in [1.165, 1.54) is 24.3 Å². The Morgan fingerprint density at radius 3 is 2.52 bits per heavy atom. The number of benzene rings is 1. The molecular formula is C18H22FN3O3. The smallest absolute Gasteiger partial charge is 0.253 e. The summed E-state index contributed by atoms with van der Waals surface area (Å²) in [6, 6.07) is 5.66. The highest BCUT2D eigenvalue weighted by Crippen LogP contribution is 2.20. The van der Waals surface area contributed by atoms with Crippen LogP contribution in [0.4, 0.5) is 4.39 Å². The lowest BCUT2D eigenvalue weighted by Crippen LogP contribution is -2.47. The molecule has 7 heteroatoms. The number of piperidine rings is 1. The molecule has 0 spiro atoms. The van der Waals surface area contributed by atoms with Crippen LogP contribution in [0.3, 0.4) is 0 Å². The fourth-order valence-electron chi connectivity index (χ4n) is 2.97. The van der Waals surface area contributed by atoms with Crippen LogP contribution in [0.5, 0.6) is 0 Å². The van der Waals surface area contributed by atoms with Crippen molar-refractivity contribution in [2.75, 3.05) is 19.6 Å². The molecule has 0 aromatic heterocycles. The van der Waals surface area contributed by atoms with E-state index in [2.05, 4.69) is 10.6 Å². The predicted octanol–water partition coefficient (Wildman–Crippen LogP) is 1.07. The molecule has 1 aromatic carbocycles. The van der Waals surface area contributed by atoms with Crippen molar-refractivity contribution in [2.45, 2.75) is 31.7 Å². The van der Waals surface area contributed by atoms with Crippen LogP contribution in [0.25, 0.3) is 0 Å². The quantitative estimate of drug-likeness (QED) is 0.836. The second-order valence-electron chi connectivity index (χ2n) is 6.66. The van der Waals surface area contributed by atoms with Crippen LogP contribution >= 0.6 is 0 Å². The Hall–Kier alpha value is -2.44. The van der Waals surface area contributed by atoms with Crippen molar-refractivity contribution in [3.8, 4) is 0 Å². The monoisotopic (exact) mass is 347 g/mol. The van der Waals surface area contributed by atoms with E-state index in [1.54, 1.807) is 4.90 Å². The fourth-order valence-corrected chi connectivity index (χ4v) is 2.97. The molecule has 1 saturated carbocycles. The molecule has 1 unspecified atom stereocenters. The van der Waals surface area contributed by atoms with Gasteiger partial charge in [-0.2, -0.15) is 0 Å². The van der Waals surface area contributed by atoms with Crippen molar-refractivity contribution in [1.82, 2.24) is 15.5 Å². The first-order chi connectivity index (χ1) is 12.0. The minimum Gasteiger partial charge on any atom is -0.352 e. The van der Waals surface area contributed by atoms with Crippen LogP contribution in [0.15, 0.2) is 24.3 Å². The first kappa shape index (κ1) is 17.4. The highest BCUT2D eigenvalue weighted by atomic mass is 19.1. The van der Waals surface area contributed by atoms with Gasteiger partial charge in [-0.05, 0) is 49.9 Å². The molecule has 1 heterocycles. The van der Waals surface area contributed by atoms with Crippen molar-refractivity contribution < 1.29 is 18.8 Å². The van der Waals surface area contributed by atoms with E-state index in [-0.39, 0.29) is 36.2 Å². The third-order valence-corrected chi connectivity index (χ3v) is 4.54. The Morgan fingerprint density at radius 1 is 1.12 bits per heavy atom. The van der Waals surface area contributed by atoms with E-state index < -0.39 is 5.82 Å². The molecule has 2 fully saturated rings. The van der Waals surface area contributed by atoms with Crippen molar-refractivity contribution >= 4 is 17.7 Å². The lowest BCUT2D eigenvalue weighted by molar-refractivity contribution is -0.129. The number of hydrogen-bond donors (Lipinski definition) is 2. The van der Waals surface area contributed by atoms with Crippen LogP contribution in [0.1, 0.15) is 36.0 Å². The van der Waals surface area contributed by atoms with E-state index in [0.29, 0.717) is 25.1 Å². The standard InChI is InChI=1S/C18H22FN3O3/c19-14-5-3-12(4-6-14)18(25)22-9-1-2-13(11-22)17(24)20-10-16(23)21-15-7-8-15/h3-6,13,15H,1-2,7-11H2,(H,20,24)(H,21,23). The molecule has 1 aliphatic heterocycles. The molecule has 6 nitrogen and oxygen atoms in total. The normalized spacial score (nSPS) is 20.0. The molecule has 0 bridgehead atoms. The molecule has 2 N–H and O–H groups in total. The maximum Gasteiger partial charge on any atom is 0.253 e. The number of likely N-dealkylation sites (tertiary alicyclic amines) is 1. The average molecular weight is 347 g/mol. The van der Waals surface area contributed by atoms with Gasteiger partial charge in [-0.25, -0.2) is 4.39 Å². The molecule has 1 atom stereocenters. The number of carbonyl (C=O) groups is 3. The molecule has 0 radical (unpaired) electrons. The Kier molecular flexibility index (Phi) is 5.31. The van der Waals surface area contributed by atoms with Crippen LogP contribution in [0, 0.1) is 11.7 Å². The number of hydrogen-bond acceptors (Lipinski definition) is 3. The van der Waals surface area contributed by atoms with E-state index in [4.69, 9.17) is 0 Å². The second kappa shape index (κ2) is 7.63. The molecule has 1 aliphatic carbocycles. The summed E-state index contributed by atoms with van der Waals surface area (Å²) in [7, 11) is 0. The van der Waals surface area contributed by atoms with E-state index in [1.807, 2.05) is 0 Å². The number of carbonyl (C=O) groups excluding carboxylic acids is 3. The predicted molar refractivity (Wildman–Crippen MR) is 89.2 cm³/mol. The first-order valence-electron chi connectivity index (χ1n) is 8.65. The molecule has 2 aliphatic rings. The van der Waals surface area contributed by atoms with Gasteiger partial charge in [0.15, 0.2) is 0 Å². The first-order valence-corrected chi connectivity index (χ1v) is 8.65. The zero-order valence-electron chi connectivity index (χ0n) is 14.0. The minimum absolute atomic E-state index is 0.0300. The highest BCUT2D eigenvalue weighted by molar-refractivity contribution is 5.94. The zero-order valence-corrected chi connectivity index (χ0v) is 14.0. The molecule has 3 amide bonds. The summed E-state index contributed by atoms with van der Waals surface area (Å²) in [6.45, 7) is 0.853. The van der Waals surface area contributed by atoms with E-state index in [9.17, 15) is 18.8 Å². The van der Waals surface area contributed by atoms with Gasteiger partial charge in [0, 0.05) is 24.7 Å². The van der Waals surface area contributed by atoms with E-state index in [0.717, 1.165) is 19.3 Å².